The molecule has 0 radical (unpaired) electrons. The fourth-order valence-electron chi connectivity index (χ4n) is 3.82. The summed E-state index contributed by atoms with van der Waals surface area (Å²) in [5.74, 6) is 0.681. The van der Waals surface area contributed by atoms with Crippen molar-refractivity contribution in [1.82, 2.24) is 19.4 Å². The van der Waals surface area contributed by atoms with Gasteiger partial charge in [-0.05, 0) is 37.1 Å². The highest BCUT2D eigenvalue weighted by Crippen LogP contribution is 2.43. The minimum absolute atomic E-state index is 0.0214. The Labute approximate surface area is 160 Å². The van der Waals surface area contributed by atoms with E-state index in [0.29, 0.717) is 22.2 Å². The van der Waals surface area contributed by atoms with E-state index in [2.05, 4.69) is 21.4 Å². The van der Waals surface area contributed by atoms with Crippen molar-refractivity contribution in [2.45, 2.75) is 24.7 Å². The maximum atomic E-state index is 9.25. The Kier molecular flexibility index (Phi) is 3.59. The number of rotatable bonds is 4. The van der Waals surface area contributed by atoms with E-state index < -0.39 is 0 Å². The van der Waals surface area contributed by atoms with Gasteiger partial charge in [-0.25, -0.2) is 9.97 Å². The lowest BCUT2D eigenvalue weighted by Crippen LogP contribution is -2.41. The molecule has 0 unspecified atom stereocenters. The van der Waals surface area contributed by atoms with Crippen molar-refractivity contribution in [1.29, 1.82) is 5.26 Å². The number of benzene rings is 1. The van der Waals surface area contributed by atoms with Crippen LogP contribution in [0.1, 0.15) is 30.5 Å². The van der Waals surface area contributed by atoms with E-state index >= 15 is 0 Å². The minimum atomic E-state index is -0.0214. The molecule has 7 heteroatoms. The molecule has 6 nitrogen and oxygen atoms in total. The molecule has 27 heavy (non-hydrogen) atoms. The Morgan fingerprint density at radius 2 is 2.07 bits per heavy atom. The van der Waals surface area contributed by atoms with E-state index in [4.69, 9.17) is 16.6 Å². The molecule has 3 heterocycles. The molecule has 4 aromatic rings. The van der Waals surface area contributed by atoms with Crippen LogP contribution in [0.4, 0.5) is 5.95 Å². The number of pyridine rings is 1. The lowest BCUT2D eigenvalue weighted by Gasteiger charge is -2.40. The highest BCUT2D eigenvalue weighted by atomic mass is 35.5. The summed E-state index contributed by atoms with van der Waals surface area (Å²) in [5.41, 5.74) is 4.04. The monoisotopic (exact) mass is 376 g/mol. The zero-order valence-electron chi connectivity index (χ0n) is 14.5. The predicted octanol–water partition coefficient (Wildman–Crippen LogP) is 4.27. The standard InChI is InChI=1S/C20H17ClN6/c21-16-6-2-7-17-25-15(11-27(16)17)20(8-3-9-20)12-23-19-24-14-5-1-4-13(10-22)18(14)26-19/h1-2,4-7,11H,3,8-9,12H2,(H2,23,24,26). The third kappa shape index (κ3) is 2.54. The summed E-state index contributed by atoms with van der Waals surface area (Å²) in [7, 11) is 0. The Bertz CT molecular complexity index is 1190. The van der Waals surface area contributed by atoms with E-state index in [1.807, 2.05) is 40.9 Å². The third-order valence-corrected chi connectivity index (χ3v) is 5.83. The largest absolute Gasteiger partial charge is 0.355 e. The van der Waals surface area contributed by atoms with E-state index in [1.165, 1.54) is 6.42 Å². The zero-order chi connectivity index (χ0) is 18.4. The van der Waals surface area contributed by atoms with Crippen LogP contribution >= 0.6 is 11.6 Å². The number of nitrogens with one attached hydrogen (secondary N) is 2. The second-order valence-corrected chi connectivity index (χ2v) is 7.48. The number of hydrogen-bond acceptors (Lipinski definition) is 4. The van der Waals surface area contributed by atoms with Crippen LogP contribution in [0.2, 0.25) is 5.15 Å². The molecule has 0 atom stereocenters. The average Bonchev–Trinajstić information content (AvgIpc) is 3.25. The number of para-hydroxylation sites is 1. The van der Waals surface area contributed by atoms with Crippen LogP contribution in [0, 0.1) is 11.3 Å². The van der Waals surface area contributed by atoms with Gasteiger partial charge in [-0.1, -0.05) is 30.2 Å². The van der Waals surface area contributed by atoms with Crippen molar-refractivity contribution in [3.8, 4) is 6.07 Å². The minimum Gasteiger partial charge on any atom is -0.355 e. The molecular weight excluding hydrogens is 360 g/mol. The van der Waals surface area contributed by atoms with Crippen molar-refractivity contribution >= 4 is 34.2 Å². The van der Waals surface area contributed by atoms with Gasteiger partial charge in [0.05, 0.1) is 16.8 Å². The number of hydrogen-bond donors (Lipinski definition) is 2. The summed E-state index contributed by atoms with van der Waals surface area (Å²) in [5, 5.41) is 13.3. The molecule has 0 aliphatic heterocycles. The van der Waals surface area contributed by atoms with Crippen LogP contribution in [-0.2, 0) is 5.41 Å². The number of aromatic nitrogens is 4. The van der Waals surface area contributed by atoms with Crippen molar-refractivity contribution in [2.24, 2.45) is 0 Å². The molecule has 134 valence electrons. The number of nitrogens with zero attached hydrogens (tertiary/aromatic N) is 4. The van der Waals surface area contributed by atoms with Gasteiger partial charge in [0.15, 0.2) is 0 Å². The van der Waals surface area contributed by atoms with Crippen molar-refractivity contribution in [3.05, 3.63) is 59.0 Å². The summed E-state index contributed by atoms with van der Waals surface area (Å²) in [6.07, 6.45) is 5.38. The van der Waals surface area contributed by atoms with Crippen LogP contribution < -0.4 is 5.32 Å². The van der Waals surface area contributed by atoms with Gasteiger partial charge in [0, 0.05) is 18.2 Å². The first-order valence-electron chi connectivity index (χ1n) is 8.95. The fourth-order valence-corrected chi connectivity index (χ4v) is 4.03. The highest BCUT2D eigenvalue weighted by Gasteiger charge is 2.41. The van der Waals surface area contributed by atoms with Gasteiger partial charge in [0.2, 0.25) is 5.95 Å². The first-order valence-corrected chi connectivity index (χ1v) is 9.33. The van der Waals surface area contributed by atoms with Crippen LogP contribution in [0.3, 0.4) is 0 Å². The molecule has 0 spiro atoms. The Morgan fingerprint density at radius 3 is 2.81 bits per heavy atom. The average molecular weight is 377 g/mol. The number of anilines is 1. The molecule has 0 bridgehead atoms. The molecule has 0 amide bonds. The lowest BCUT2D eigenvalue weighted by atomic mass is 9.67. The van der Waals surface area contributed by atoms with Gasteiger partial charge in [-0.2, -0.15) is 5.26 Å². The normalized spacial score (nSPS) is 15.6. The Balaban J connectivity index is 1.45. The molecule has 1 aliphatic rings. The van der Waals surface area contributed by atoms with Crippen molar-refractivity contribution in [3.63, 3.8) is 0 Å². The molecule has 5 rings (SSSR count). The second-order valence-electron chi connectivity index (χ2n) is 7.09. The lowest BCUT2D eigenvalue weighted by molar-refractivity contribution is 0.253. The zero-order valence-corrected chi connectivity index (χ0v) is 15.3. The van der Waals surface area contributed by atoms with Gasteiger partial charge in [-0.15, -0.1) is 0 Å². The molecule has 1 saturated carbocycles. The number of imidazole rings is 2. The fraction of sp³-hybridized carbons (Fsp3) is 0.250. The van der Waals surface area contributed by atoms with Crippen LogP contribution in [0.5, 0.6) is 0 Å². The first-order chi connectivity index (χ1) is 13.2. The Hall–Kier alpha value is -3.04. The van der Waals surface area contributed by atoms with Gasteiger partial charge in [0.1, 0.15) is 22.4 Å². The van der Waals surface area contributed by atoms with Crippen molar-refractivity contribution in [2.75, 3.05) is 11.9 Å². The summed E-state index contributed by atoms with van der Waals surface area (Å²) in [6, 6.07) is 13.5. The summed E-state index contributed by atoms with van der Waals surface area (Å²) >= 11 is 6.29. The van der Waals surface area contributed by atoms with Gasteiger partial charge in [0.25, 0.3) is 0 Å². The first kappa shape index (κ1) is 16.2. The van der Waals surface area contributed by atoms with Crippen LogP contribution in [0.15, 0.2) is 42.6 Å². The molecule has 1 fully saturated rings. The van der Waals surface area contributed by atoms with Gasteiger partial charge in [-0.3, -0.25) is 4.40 Å². The number of fused-ring (bicyclic) bond motifs is 2. The number of halogens is 1. The molecular formula is C20H17ClN6. The highest BCUT2D eigenvalue weighted by molar-refractivity contribution is 6.29. The predicted molar refractivity (Wildman–Crippen MR) is 105 cm³/mol. The Morgan fingerprint density at radius 1 is 1.22 bits per heavy atom. The SMILES string of the molecule is N#Cc1cccc2[nH]c(NCC3(c4cn5c(Cl)cccc5n4)CCC3)nc12. The molecule has 1 aliphatic carbocycles. The van der Waals surface area contributed by atoms with Gasteiger partial charge >= 0.3 is 0 Å². The number of aromatic amines is 1. The molecule has 0 saturated heterocycles. The quantitative estimate of drug-likeness (QED) is 0.521. The second kappa shape index (κ2) is 6.00. The summed E-state index contributed by atoms with van der Waals surface area (Å²) < 4.78 is 1.93. The van der Waals surface area contributed by atoms with E-state index in [-0.39, 0.29) is 5.41 Å². The van der Waals surface area contributed by atoms with E-state index in [0.717, 1.165) is 36.2 Å². The van der Waals surface area contributed by atoms with E-state index in [9.17, 15) is 5.26 Å². The summed E-state index contributed by atoms with van der Waals surface area (Å²) in [6.45, 7) is 0.732. The number of H-pyrrole nitrogens is 1. The maximum absolute atomic E-state index is 9.25. The molecule has 1 aromatic carbocycles. The van der Waals surface area contributed by atoms with Crippen LogP contribution in [-0.4, -0.2) is 25.9 Å². The van der Waals surface area contributed by atoms with Gasteiger partial charge < -0.3 is 10.3 Å². The maximum Gasteiger partial charge on any atom is 0.201 e. The summed E-state index contributed by atoms with van der Waals surface area (Å²) in [4.78, 5) is 12.6. The molecule has 3 aromatic heterocycles. The molecule has 2 N–H and O–H groups in total. The third-order valence-electron chi connectivity index (χ3n) is 5.52. The topological polar surface area (TPSA) is 81.8 Å². The smallest absolute Gasteiger partial charge is 0.201 e. The number of nitriles is 1. The van der Waals surface area contributed by atoms with E-state index in [1.54, 1.807) is 6.07 Å². The van der Waals surface area contributed by atoms with Crippen molar-refractivity contribution < 1.29 is 0 Å². The van der Waals surface area contributed by atoms with Crippen LogP contribution in [0.25, 0.3) is 16.7 Å².